The Hall–Kier alpha value is -1.78. The van der Waals surface area contributed by atoms with Crippen molar-refractivity contribution in [2.75, 3.05) is 5.32 Å². The lowest BCUT2D eigenvalue weighted by Gasteiger charge is -2.03. The molecule has 2 aromatic rings. The minimum atomic E-state index is 0.719. The van der Waals surface area contributed by atoms with Gasteiger partial charge in [-0.25, -0.2) is 9.97 Å². The summed E-state index contributed by atoms with van der Waals surface area (Å²) >= 11 is 0. The van der Waals surface area contributed by atoms with E-state index in [1.54, 1.807) is 12.5 Å². The van der Waals surface area contributed by atoms with Gasteiger partial charge in [-0.15, -0.1) is 0 Å². The lowest BCUT2D eigenvalue weighted by molar-refractivity contribution is 1.06. The first kappa shape index (κ1) is 8.81. The zero-order valence-electron chi connectivity index (χ0n) is 7.99. The summed E-state index contributed by atoms with van der Waals surface area (Å²) in [6.45, 7) is 0.719. The quantitative estimate of drug-likeness (QED) is 0.645. The molecule has 2 N–H and O–H groups in total. The van der Waals surface area contributed by atoms with Crippen LogP contribution in [0.2, 0.25) is 0 Å². The molecule has 2 heterocycles. The highest BCUT2D eigenvalue weighted by molar-refractivity contribution is 6.30. The highest BCUT2D eigenvalue weighted by Crippen LogP contribution is 2.00. The molecule has 0 aliphatic rings. The third kappa shape index (κ3) is 2.13. The van der Waals surface area contributed by atoms with E-state index in [9.17, 15) is 0 Å². The van der Waals surface area contributed by atoms with Crippen molar-refractivity contribution in [1.29, 1.82) is 0 Å². The second-order valence-corrected chi connectivity index (χ2v) is 3.09. The molecule has 0 saturated carbocycles. The van der Waals surface area contributed by atoms with Crippen molar-refractivity contribution in [3.05, 3.63) is 36.4 Å². The molecule has 0 aliphatic carbocycles. The molecule has 0 unspecified atom stereocenters. The number of hydrogen-bond acceptors (Lipinski definition) is 3. The van der Waals surface area contributed by atoms with E-state index in [2.05, 4.69) is 20.3 Å². The molecule has 0 fully saturated rings. The van der Waals surface area contributed by atoms with Gasteiger partial charge in [0.05, 0.1) is 18.6 Å². The highest BCUT2D eigenvalue weighted by Gasteiger charge is 1.95. The summed E-state index contributed by atoms with van der Waals surface area (Å²) in [5.74, 6) is 0.889. The first-order chi connectivity index (χ1) is 6.84. The summed E-state index contributed by atoms with van der Waals surface area (Å²) in [6.07, 6.45) is 3.46. The average Bonchev–Trinajstić information content (AvgIpc) is 2.67. The molecule has 5 heteroatoms. The fourth-order valence-corrected chi connectivity index (χ4v) is 1.21. The second-order valence-electron chi connectivity index (χ2n) is 3.09. The Labute approximate surface area is 83.2 Å². The van der Waals surface area contributed by atoms with Crippen molar-refractivity contribution in [3.63, 3.8) is 0 Å². The number of nitrogens with one attached hydrogen (secondary N) is 2. The van der Waals surface area contributed by atoms with Gasteiger partial charge in [-0.1, -0.05) is 12.1 Å². The number of nitrogens with zero attached hydrogens (tertiary/aromatic N) is 2. The molecule has 2 aromatic heterocycles. The molecular weight excluding hydrogens is 175 g/mol. The molecule has 0 radical (unpaired) electrons. The van der Waals surface area contributed by atoms with Crippen LogP contribution < -0.4 is 10.9 Å². The van der Waals surface area contributed by atoms with E-state index in [0.717, 1.165) is 23.6 Å². The Balaban J connectivity index is 1.98. The molecule has 0 atom stereocenters. The van der Waals surface area contributed by atoms with E-state index in [1.807, 2.05) is 26.0 Å². The predicted octanol–water partition coefficient (Wildman–Crippen LogP) is -0.325. The Morgan fingerprint density at radius 2 is 2.36 bits per heavy atom. The molecule has 0 saturated heterocycles. The minimum Gasteiger partial charge on any atom is -0.364 e. The molecule has 70 valence electrons. The van der Waals surface area contributed by atoms with Gasteiger partial charge in [0.25, 0.3) is 0 Å². The topological polar surface area (TPSA) is 53.6 Å². The molecule has 14 heavy (non-hydrogen) atoms. The number of pyridine rings is 1. The summed E-state index contributed by atoms with van der Waals surface area (Å²) in [6, 6.07) is 5.91. The van der Waals surface area contributed by atoms with E-state index in [1.165, 1.54) is 0 Å². The number of imidazole rings is 1. The molecule has 0 aliphatic heterocycles. The van der Waals surface area contributed by atoms with Crippen LogP contribution >= 0.6 is 0 Å². The molecule has 4 nitrogen and oxygen atoms in total. The summed E-state index contributed by atoms with van der Waals surface area (Å²) in [5, 5.41) is 3.21. The third-order valence-corrected chi connectivity index (χ3v) is 1.90. The van der Waals surface area contributed by atoms with E-state index in [-0.39, 0.29) is 0 Å². The minimum absolute atomic E-state index is 0.719. The Morgan fingerprint density at radius 3 is 3.07 bits per heavy atom. The van der Waals surface area contributed by atoms with Crippen LogP contribution in [-0.2, 0) is 6.54 Å². The molecule has 0 amide bonds. The van der Waals surface area contributed by atoms with Crippen molar-refractivity contribution in [3.8, 4) is 0 Å². The number of rotatable bonds is 3. The highest BCUT2D eigenvalue weighted by atomic mass is 15.0. The van der Waals surface area contributed by atoms with Crippen molar-refractivity contribution in [1.82, 2.24) is 15.0 Å². The molecule has 2 rings (SSSR count). The zero-order valence-corrected chi connectivity index (χ0v) is 7.99. The van der Waals surface area contributed by atoms with Crippen LogP contribution in [0, 0.1) is 0 Å². The van der Waals surface area contributed by atoms with Crippen LogP contribution in [0.25, 0.3) is 0 Å². The van der Waals surface area contributed by atoms with Gasteiger partial charge in [0.15, 0.2) is 7.85 Å². The van der Waals surface area contributed by atoms with Gasteiger partial charge in [0.2, 0.25) is 0 Å². The van der Waals surface area contributed by atoms with Crippen LogP contribution in [0.3, 0.4) is 0 Å². The molecule has 0 bridgehead atoms. The standard InChI is InChI=1S/C9H11BN4/c10-8-2-1-3-9(14-8)12-5-7-4-11-6-13-7/h1-4,6H,5,10H2,(H,11,13)(H,12,14). The third-order valence-electron chi connectivity index (χ3n) is 1.90. The summed E-state index contributed by atoms with van der Waals surface area (Å²) in [5.41, 5.74) is 2.06. The van der Waals surface area contributed by atoms with Crippen LogP contribution in [0.15, 0.2) is 30.7 Å². The van der Waals surface area contributed by atoms with Gasteiger partial charge in [0, 0.05) is 6.20 Å². The molecular formula is C9H11BN4. The first-order valence-electron chi connectivity index (χ1n) is 4.49. The fraction of sp³-hybridized carbons (Fsp3) is 0.111. The summed E-state index contributed by atoms with van der Waals surface area (Å²) in [7, 11) is 1.97. The Morgan fingerprint density at radius 1 is 1.43 bits per heavy atom. The Bertz CT molecular complexity index is 399. The first-order valence-corrected chi connectivity index (χ1v) is 4.49. The molecule has 0 aromatic carbocycles. The average molecular weight is 186 g/mol. The number of anilines is 1. The number of aromatic amines is 1. The van der Waals surface area contributed by atoms with Gasteiger partial charge in [0.1, 0.15) is 5.82 Å². The lowest BCUT2D eigenvalue weighted by Crippen LogP contribution is -2.11. The zero-order chi connectivity index (χ0) is 9.80. The number of H-pyrrole nitrogens is 1. The van der Waals surface area contributed by atoms with Gasteiger partial charge in [-0.05, 0) is 11.7 Å². The normalized spacial score (nSPS) is 10.0. The van der Waals surface area contributed by atoms with E-state index < -0.39 is 0 Å². The van der Waals surface area contributed by atoms with E-state index >= 15 is 0 Å². The van der Waals surface area contributed by atoms with Crippen molar-refractivity contribution >= 4 is 19.3 Å². The van der Waals surface area contributed by atoms with Crippen LogP contribution in [-0.4, -0.2) is 22.8 Å². The lowest BCUT2D eigenvalue weighted by atomic mass is 10.0. The Kier molecular flexibility index (Phi) is 2.49. The van der Waals surface area contributed by atoms with Gasteiger partial charge in [-0.2, -0.15) is 0 Å². The maximum atomic E-state index is 4.33. The number of hydrogen-bond donors (Lipinski definition) is 2. The SMILES string of the molecule is Bc1cccc(NCc2cnc[nH]2)n1. The monoisotopic (exact) mass is 186 g/mol. The van der Waals surface area contributed by atoms with Crippen molar-refractivity contribution in [2.45, 2.75) is 6.54 Å². The maximum absolute atomic E-state index is 4.33. The van der Waals surface area contributed by atoms with Gasteiger partial charge < -0.3 is 10.3 Å². The van der Waals surface area contributed by atoms with Crippen molar-refractivity contribution in [2.24, 2.45) is 0 Å². The predicted molar refractivity (Wildman–Crippen MR) is 58.3 cm³/mol. The second kappa shape index (κ2) is 3.96. The van der Waals surface area contributed by atoms with E-state index in [4.69, 9.17) is 0 Å². The van der Waals surface area contributed by atoms with Crippen LogP contribution in [0.1, 0.15) is 5.69 Å². The summed E-state index contributed by atoms with van der Waals surface area (Å²) in [4.78, 5) is 11.3. The maximum Gasteiger partial charge on any atom is 0.164 e. The summed E-state index contributed by atoms with van der Waals surface area (Å²) < 4.78 is 0. The fourth-order valence-electron chi connectivity index (χ4n) is 1.21. The van der Waals surface area contributed by atoms with Crippen LogP contribution in [0.4, 0.5) is 5.82 Å². The smallest absolute Gasteiger partial charge is 0.164 e. The largest absolute Gasteiger partial charge is 0.364 e. The number of aromatic nitrogens is 3. The van der Waals surface area contributed by atoms with Crippen molar-refractivity contribution < 1.29 is 0 Å². The molecule has 0 spiro atoms. The van der Waals surface area contributed by atoms with Crippen LogP contribution in [0.5, 0.6) is 0 Å². The van der Waals surface area contributed by atoms with Gasteiger partial charge >= 0.3 is 0 Å². The van der Waals surface area contributed by atoms with Gasteiger partial charge in [-0.3, -0.25) is 0 Å². The van der Waals surface area contributed by atoms with E-state index in [0.29, 0.717) is 0 Å².